The zero-order valence-electron chi connectivity index (χ0n) is 9.25. The Morgan fingerprint density at radius 2 is 2.22 bits per heavy atom. The molecule has 0 saturated heterocycles. The molecule has 0 aliphatic carbocycles. The van der Waals surface area contributed by atoms with E-state index in [-0.39, 0.29) is 28.3 Å². The predicted octanol–water partition coefficient (Wildman–Crippen LogP) is 2.69. The first-order valence-electron chi connectivity index (χ1n) is 4.69. The van der Waals surface area contributed by atoms with Crippen LogP contribution in [0.3, 0.4) is 0 Å². The lowest BCUT2D eigenvalue weighted by atomic mass is 10.0. The fraction of sp³-hybridized carbons (Fsp3) is 0.273. The Balaban J connectivity index is 3.35. The van der Waals surface area contributed by atoms with Crippen LogP contribution >= 0.6 is 11.6 Å². The molecule has 0 heterocycles. The third-order valence-electron chi connectivity index (χ3n) is 2.07. The summed E-state index contributed by atoms with van der Waals surface area (Å²) in [4.78, 5) is 11.5. The third kappa shape index (κ3) is 3.08. The van der Waals surface area contributed by atoms with Crippen LogP contribution < -0.4 is 4.74 Å². The molecule has 0 bridgehead atoms. The molecule has 0 saturated carbocycles. The van der Waals surface area contributed by atoms with E-state index in [2.05, 4.69) is 9.47 Å². The van der Waals surface area contributed by atoms with Crippen molar-refractivity contribution in [2.24, 2.45) is 0 Å². The van der Waals surface area contributed by atoms with Gasteiger partial charge in [-0.05, 0) is 17.7 Å². The lowest BCUT2D eigenvalue weighted by molar-refractivity contribution is -0.0498. The Kier molecular flexibility index (Phi) is 4.86. The molecule has 0 aromatic heterocycles. The van der Waals surface area contributed by atoms with E-state index in [0.29, 0.717) is 0 Å². The number of nitrogens with zero attached hydrogens (tertiary/aromatic N) is 1. The number of carbonyl (C=O) groups is 1. The summed E-state index contributed by atoms with van der Waals surface area (Å²) in [6.07, 6.45) is 0. The Labute approximate surface area is 107 Å². The first kappa shape index (κ1) is 14.2. The summed E-state index contributed by atoms with van der Waals surface area (Å²) in [7, 11) is 1.14. The Morgan fingerprint density at radius 1 is 1.56 bits per heavy atom. The quantitative estimate of drug-likeness (QED) is 0.626. The van der Waals surface area contributed by atoms with Gasteiger partial charge in [-0.2, -0.15) is 14.0 Å². The summed E-state index contributed by atoms with van der Waals surface area (Å²) in [5.74, 6) is -1.13. The van der Waals surface area contributed by atoms with Crippen LogP contribution in [0.25, 0.3) is 0 Å². The van der Waals surface area contributed by atoms with E-state index in [1.165, 1.54) is 6.07 Å². The Hall–Kier alpha value is -1.87. The van der Waals surface area contributed by atoms with Crippen molar-refractivity contribution in [3.63, 3.8) is 0 Å². The van der Waals surface area contributed by atoms with Gasteiger partial charge in [0, 0.05) is 5.88 Å². The number of hydrogen-bond acceptors (Lipinski definition) is 4. The topological polar surface area (TPSA) is 59.3 Å². The van der Waals surface area contributed by atoms with Gasteiger partial charge in [0.25, 0.3) is 0 Å². The predicted molar refractivity (Wildman–Crippen MR) is 58.7 cm³/mol. The highest BCUT2D eigenvalue weighted by molar-refractivity contribution is 6.17. The fourth-order valence-corrected chi connectivity index (χ4v) is 1.59. The molecule has 0 aliphatic heterocycles. The second-order valence-corrected chi connectivity index (χ2v) is 3.39. The molecule has 0 atom stereocenters. The molecule has 0 amide bonds. The van der Waals surface area contributed by atoms with Gasteiger partial charge < -0.3 is 9.47 Å². The maximum Gasteiger partial charge on any atom is 0.387 e. The number of methoxy groups -OCH3 is 1. The summed E-state index contributed by atoms with van der Waals surface area (Å²) in [6, 6.07) is 3.92. The van der Waals surface area contributed by atoms with Gasteiger partial charge in [0.1, 0.15) is 11.8 Å². The molecule has 0 aliphatic rings. The van der Waals surface area contributed by atoms with E-state index >= 15 is 0 Å². The smallest absolute Gasteiger partial charge is 0.387 e. The minimum absolute atomic E-state index is 0.0448. The molecule has 0 unspecified atom stereocenters. The van der Waals surface area contributed by atoms with Gasteiger partial charge in [-0.25, -0.2) is 4.79 Å². The monoisotopic (exact) mass is 275 g/mol. The van der Waals surface area contributed by atoms with Crippen molar-refractivity contribution >= 4 is 17.6 Å². The van der Waals surface area contributed by atoms with E-state index in [0.717, 1.165) is 13.2 Å². The number of ether oxygens (including phenoxy) is 2. The normalized spacial score (nSPS) is 10.0. The summed E-state index contributed by atoms with van der Waals surface area (Å²) < 4.78 is 32.9. The lowest BCUT2D eigenvalue weighted by Crippen LogP contribution is -2.10. The average Bonchev–Trinajstić information content (AvgIpc) is 2.35. The maximum absolute atomic E-state index is 12.1. The first-order chi connectivity index (χ1) is 8.53. The van der Waals surface area contributed by atoms with E-state index in [1.807, 2.05) is 0 Å². The van der Waals surface area contributed by atoms with E-state index in [9.17, 15) is 13.6 Å². The maximum atomic E-state index is 12.1. The highest BCUT2D eigenvalue weighted by Gasteiger charge is 2.19. The Morgan fingerprint density at radius 3 is 2.67 bits per heavy atom. The molecule has 0 radical (unpaired) electrons. The van der Waals surface area contributed by atoms with Crippen LogP contribution in [0, 0.1) is 11.3 Å². The number of alkyl halides is 3. The summed E-state index contributed by atoms with van der Waals surface area (Å²) in [5.41, 5.74) is 0.0190. The SMILES string of the molecule is COC(=O)c1c(C#N)cc(OC(F)F)cc1CCl. The zero-order chi connectivity index (χ0) is 13.7. The van der Waals surface area contributed by atoms with Crippen molar-refractivity contribution in [1.29, 1.82) is 5.26 Å². The van der Waals surface area contributed by atoms with Gasteiger partial charge in [-0.15, -0.1) is 11.6 Å². The van der Waals surface area contributed by atoms with Gasteiger partial charge in [0.2, 0.25) is 0 Å². The van der Waals surface area contributed by atoms with Gasteiger partial charge in [0.05, 0.1) is 18.2 Å². The fourth-order valence-electron chi connectivity index (χ4n) is 1.38. The van der Waals surface area contributed by atoms with E-state index in [4.69, 9.17) is 16.9 Å². The minimum Gasteiger partial charge on any atom is -0.465 e. The average molecular weight is 276 g/mol. The number of hydrogen-bond donors (Lipinski definition) is 0. The molecule has 1 rings (SSSR count). The van der Waals surface area contributed by atoms with Crippen molar-refractivity contribution in [2.45, 2.75) is 12.5 Å². The standard InChI is InChI=1S/C11H8ClF2NO3/c1-17-10(16)9-6(4-12)2-8(18-11(13)14)3-7(9)5-15/h2-3,11H,4H2,1H3. The molecule has 0 N–H and O–H groups in total. The van der Waals surface area contributed by atoms with E-state index < -0.39 is 12.6 Å². The lowest BCUT2D eigenvalue weighted by Gasteiger charge is -2.11. The highest BCUT2D eigenvalue weighted by atomic mass is 35.5. The Bertz CT molecular complexity index is 500. The van der Waals surface area contributed by atoms with Crippen LogP contribution in [0.2, 0.25) is 0 Å². The number of rotatable bonds is 4. The van der Waals surface area contributed by atoms with E-state index in [1.54, 1.807) is 6.07 Å². The second-order valence-electron chi connectivity index (χ2n) is 3.12. The second kappa shape index (κ2) is 6.17. The number of benzene rings is 1. The molecule has 96 valence electrons. The van der Waals surface area contributed by atoms with Crippen LogP contribution in [-0.4, -0.2) is 19.7 Å². The molecule has 1 aromatic rings. The number of nitriles is 1. The largest absolute Gasteiger partial charge is 0.465 e. The molecule has 0 spiro atoms. The highest BCUT2D eigenvalue weighted by Crippen LogP contribution is 2.25. The van der Waals surface area contributed by atoms with Gasteiger partial charge in [0.15, 0.2) is 0 Å². The summed E-state index contributed by atoms with van der Waals surface area (Å²) >= 11 is 5.61. The van der Waals surface area contributed by atoms with Gasteiger partial charge in [-0.3, -0.25) is 0 Å². The summed E-state index contributed by atoms with van der Waals surface area (Å²) in [6.45, 7) is -3.02. The summed E-state index contributed by atoms with van der Waals surface area (Å²) in [5, 5.41) is 8.90. The van der Waals surface area contributed by atoms with Gasteiger partial charge >= 0.3 is 12.6 Å². The molecule has 18 heavy (non-hydrogen) atoms. The number of halogens is 3. The van der Waals surface area contributed by atoms with Crippen LogP contribution in [0.15, 0.2) is 12.1 Å². The molecular weight excluding hydrogens is 268 g/mol. The van der Waals surface area contributed by atoms with Crippen LogP contribution in [0.4, 0.5) is 8.78 Å². The van der Waals surface area contributed by atoms with Crippen molar-refractivity contribution in [2.75, 3.05) is 7.11 Å². The molecule has 7 heteroatoms. The zero-order valence-corrected chi connectivity index (χ0v) is 10.0. The van der Waals surface area contributed by atoms with Crippen LogP contribution in [0.5, 0.6) is 5.75 Å². The van der Waals surface area contributed by atoms with Crippen molar-refractivity contribution in [3.05, 3.63) is 28.8 Å². The van der Waals surface area contributed by atoms with Crippen molar-refractivity contribution in [1.82, 2.24) is 0 Å². The first-order valence-corrected chi connectivity index (χ1v) is 5.23. The van der Waals surface area contributed by atoms with Crippen molar-refractivity contribution in [3.8, 4) is 11.8 Å². The number of carbonyl (C=O) groups excluding carboxylic acids is 1. The molecule has 4 nitrogen and oxygen atoms in total. The van der Waals surface area contributed by atoms with Gasteiger partial charge in [-0.1, -0.05) is 0 Å². The van der Waals surface area contributed by atoms with Crippen LogP contribution in [-0.2, 0) is 10.6 Å². The van der Waals surface area contributed by atoms with Crippen LogP contribution in [0.1, 0.15) is 21.5 Å². The number of esters is 1. The minimum atomic E-state index is -3.02. The molecule has 1 aromatic carbocycles. The molecule has 0 fully saturated rings. The molecular formula is C11H8ClF2NO3. The third-order valence-corrected chi connectivity index (χ3v) is 2.36. The van der Waals surface area contributed by atoms with Crippen molar-refractivity contribution < 1.29 is 23.0 Å².